The van der Waals surface area contributed by atoms with Gasteiger partial charge in [0.2, 0.25) is 5.95 Å². The third-order valence-corrected chi connectivity index (χ3v) is 7.28. The van der Waals surface area contributed by atoms with E-state index in [1.807, 2.05) is 38.1 Å². The number of para-hydroxylation sites is 1. The normalized spacial score (nSPS) is 19.6. The zero-order chi connectivity index (χ0) is 25.5. The summed E-state index contributed by atoms with van der Waals surface area (Å²) in [7, 11) is 0. The van der Waals surface area contributed by atoms with Crippen molar-refractivity contribution in [3.8, 4) is 22.6 Å². The van der Waals surface area contributed by atoms with Crippen LogP contribution in [0.3, 0.4) is 0 Å². The van der Waals surface area contributed by atoms with Gasteiger partial charge in [-0.25, -0.2) is 9.97 Å². The molecular formula is C28H29N4NaO5. The number of anilines is 2. The molecule has 192 valence electrons. The van der Waals surface area contributed by atoms with Crippen LogP contribution in [-0.4, -0.2) is 55.5 Å². The molecule has 2 atom stereocenters. The van der Waals surface area contributed by atoms with E-state index in [-0.39, 0.29) is 47.9 Å². The van der Waals surface area contributed by atoms with E-state index >= 15 is 0 Å². The van der Waals surface area contributed by atoms with Gasteiger partial charge in [0.25, 0.3) is 0 Å². The molecule has 4 heterocycles. The molecule has 9 nitrogen and oxygen atoms in total. The van der Waals surface area contributed by atoms with Crippen LogP contribution < -0.4 is 54.4 Å². The number of hydrogen-bond acceptors (Lipinski definition) is 9. The van der Waals surface area contributed by atoms with Gasteiger partial charge in [-0.3, -0.25) is 0 Å². The molecule has 6 rings (SSSR count). The molecule has 0 saturated carbocycles. The molecular weight excluding hydrogens is 495 g/mol. The van der Waals surface area contributed by atoms with Gasteiger partial charge in [0.1, 0.15) is 18.1 Å². The number of nitrogens with zero attached hydrogens (tertiary/aromatic N) is 3. The molecule has 1 N–H and O–H groups in total. The Hall–Kier alpha value is -2.85. The first-order valence-electron chi connectivity index (χ1n) is 12.6. The van der Waals surface area contributed by atoms with Gasteiger partial charge in [-0.1, -0.05) is 24.3 Å². The summed E-state index contributed by atoms with van der Waals surface area (Å²) < 4.78 is 17.5. The van der Waals surface area contributed by atoms with Crippen molar-refractivity contribution in [2.75, 3.05) is 49.7 Å². The van der Waals surface area contributed by atoms with Crippen molar-refractivity contribution >= 4 is 17.6 Å². The van der Waals surface area contributed by atoms with Crippen molar-refractivity contribution in [2.45, 2.75) is 32.2 Å². The van der Waals surface area contributed by atoms with Crippen molar-refractivity contribution in [3.05, 3.63) is 58.9 Å². The second-order valence-corrected chi connectivity index (χ2v) is 9.74. The Labute approximate surface area is 243 Å². The van der Waals surface area contributed by atoms with Gasteiger partial charge in [-0.15, -0.1) is 0 Å². The van der Waals surface area contributed by atoms with Crippen LogP contribution in [0.1, 0.15) is 40.9 Å². The van der Waals surface area contributed by atoms with Gasteiger partial charge in [-0.05, 0) is 26.3 Å². The second-order valence-electron chi connectivity index (χ2n) is 9.74. The fourth-order valence-corrected chi connectivity index (χ4v) is 5.49. The predicted octanol–water partition coefficient (Wildman–Crippen LogP) is -0.237. The van der Waals surface area contributed by atoms with Crippen LogP contribution in [-0.2, 0) is 9.53 Å². The first-order chi connectivity index (χ1) is 18.0. The van der Waals surface area contributed by atoms with Gasteiger partial charge >= 0.3 is 29.6 Å². The number of hydrogen-bond donors (Lipinski definition) is 1. The summed E-state index contributed by atoms with van der Waals surface area (Å²) in [6.45, 7) is 7.86. The zero-order valence-electron chi connectivity index (χ0n) is 22.0. The average molecular weight is 525 g/mol. The molecule has 0 amide bonds. The van der Waals surface area contributed by atoms with E-state index in [1.54, 1.807) is 0 Å². The van der Waals surface area contributed by atoms with Gasteiger partial charge < -0.3 is 34.3 Å². The second kappa shape index (κ2) is 11.1. The molecule has 0 bridgehead atoms. The fraction of sp³-hybridized carbons (Fsp3) is 0.393. The largest absolute Gasteiger partial charge is 1.00 e. The van der Waals surface area contributed by atoms with E-state index in [9.17, 15) is 9.90 Å². The van der Waals surface area contributed by atoms with Crippen LogP contribution in [0.2, 0.25) is 0 Å². The Balaban J connectivity index is 0.00000294. The monoisotopic (exact) mass is 524 g/mol. The number of ether oxygens (including phenoxy) is 3. The van der Waals surface area contributed by atoms with Gasteiger partial charge in [0, 0.05) is 59.0 Å². The summed E-state index contributed by atoms with van der Waals surface area (Å²) >= 11 is 0. The molecule has 38 heavy (non-hydrogen) atoms. The van der Waals surface area contributed by atoms with Crippen molar-refractivity contribution < 1.29 is 53.7 Å². The van der Waals surface area contributed by atoms with Crippen LogP contribution in [0.25, 0.3) is 11.1 Å². The van der Waals surface area contributed by atoms with E-state index < -0.39 is 5.97 Å². The molecule has 1 aromatic heterocycles. The van der Waals surface area contributed by atoms with Crippen molar-refractivity contribution in [1.29, 1.82) is 0 Å². The van der Waals surface area contributed by atoms with E-state index in [4.69, 9.17) is 24.2 Å². The minimum atomic E-state index is -1.06. The Bertz CT molecular complexity index is 1340. The molecule has 0 spiro atoms. The van der Waals surface area contributed by atoms with E-state index in [0.29, 0.717) is 32.2 Å². The van der Waals surface area contributed by atoms with Crippen LogP contribution in [0.5, 0.6) is 11.5 Å². The number of rotatable bonds is 6. The first kappa shape index (κ1) is 26.7. The minimum absolute atomic E-state index is 0. The summed E-state index contributed by atoms with van der Waals surface area (Å²) in [6, 6.07) is 12.0. The molecule has 3 aliphatic heterocycles. The number of aliphatic carboxylic acids is 1. The minimum Gasteiger partial charge on any atom is -0.550 e. The number of nitrogens with one attached hydrogen (secondary N) is 1. The standard InChI is InChI=1S/C28H30N4O5.Na/c1-16-26(17(2)30-28(29-16)32-8-10-35-11-9-32)22-5-3-4-21-23(15-37-27(21)22)31-19-6-7-20-18(12-25(33)34)14-36-24(20)13-19;/h3-7,13,18,23,31H,8-12,14-15H2,1-2H3,(H,33,34);/q;+1/p-1/t18-,23-;/m1./s1. The first-order valence-corrected chi connectivity index (χ1v) is 12.6. The number of carbonyl (C=O) groups excluding carboxylic acids is 1. The predicted molar refractivity (Wildman–Crippen MR) is 136 cm³/mol. The maximum absolute atomic E-state index is 11.0. The van der Waals surface area contributed by atoms with Crippen LogP contribution in [0, 0.1) is 13.8 Å². The summed E-state index contributed by atoms with van der Waals surface area (Å²) in [5, 5.41) is 14.6. The van der Waals surface area contributed by atoms with Crippen molar-refractivity contribution in [1.82, 2.24) is 9.97 Å². The summed E-state index contributed by atoms with van der Waals surface area (Å²) in [5.41, 5.74) is 6.71. The number of fused-ring (bicyclic) bond motifs is 2. The number of carboxylic acids is 1. The summed E-state index contributed by atoms with van der Waals surface area (Å²) in [6.07, 6.45) is -0.0393. The third-order valence-electron chi connectivity index (χ3n) is 7.28. The van der Waals surface area contributed by atoms with Gasteiger partial charge in [0.05, 0.1) is 37.3 Å². The number of carboxylic acid groups (broad SMARTS) is 1. The maximum Gasteiger partial charge on any atom is 1.00 e. The molecule has 0 aliphatic carbocycles. The number of benzene rings is 2. The molecule has 1 fully saturated rings. The summed E-state index contributed by atoms with van der Waals surface area (Å²) in [5.74, 6) is 1.07. The van der Waals surface area contributed by atoms with E-state index in [1.165, 1.54) is 0 Å². The molecule has 1 saturated heterocycles. The summed E-state index contributed by atoms with van der Waals surface area (Å²) in [4.78, 5) is 22.9. The average Bonchev–Trinajstić information content (AvgIpc) is 3.48. The fourth-order valence-electron chi connectivity index (χ4n) is 5.49. The Morgan fingerprint density at radius 2 is 1.82 bits per heavy atom. The van der Waals surface area contributed by atoms with E-state index in [0.717, 1.165) is 64.1 Å². The molecule has 0 unspecified atom stereocenters. The quantitative estimate of drug-likeness (QED) is 0.437. The Morgan fingerprint density at radius 1 is 1.05 bits per heavy atom. The Kier molecular flexibility index (Phi) is 7.81. The number of aryl methyl sites for hydroxylation is 2. The number of carbonyl (C=O) groups is 1. The van der Waals surface area contributed by atoms with Crippen molar-refractivity contribution in [3.63, 3.8) is 0 Å². The van der Waals surface area contributed by atoms with Crippen LogP contribution in [0.15, 0.2) is 36.4 Å². The van der Waals surface area contributed by atoms with Gasteiger partial charge in [-0.2, -0.15) is 0 Å². The molecule has 2 aromatic carbocycles. The third kappa shape index (κ3) is 5.08. The molecule has 0 radical (unpaired) electrons. The number of aromatic nitrogens is 2. The van der Waals surface area contributed by atoms with Crippen LogP contribution >= 0.6 is 0 Å². The topological polar surface area (TPSA) is 109 Å². The van der Waals surface area contributed by atoms with Crippen LogP contribution in [0.4, 0.5) is 11.6 Å². The smallest absolute Gasteiger partial charge is 0.550 e. The molecule has 3 aromatic rings. The Morgan fingerprint density at radius 3 is 2.55 bits per heavy atom. The van der Waals surface area contributed by atoms with E-state index in [2.05, 4.69) is 22.3 Å². The zero-order valence-corrected chi connectivity index (χ0v) is 24.0. The maximum atomic E-state index is 11.0. The SMILES string of the molecule is Cc1nc(N2CCOCC2)nc(C)c1-c1cccc2c1OC[C@H]2Nc1ccc2c(c1)OC[C@H]2CC(=O)[O-].[Na+]. The molecule has 10 heteroatoms. The van der Waals surface area contributed by atoms with Gasteiger partial charge in [0.15, 0.2) is 0 Å². The van der Waals surface area contributed by atoms with Crippen molar-refractivity contribution in [2.24, 2.45) is 0 Å². The number of morpholine rings is 1. The molecule has 3 aliphatic rings.